The van der Waals surface area contributed by atoms with Crippen LogP contribution in [-0.2, 0) is 0 Å². The van der Waals surface area contributed by atoms with Gasteiger partial charge in [0.25, 0.3) is 0 Å². The van der Waals surface area contributed by atoms with Crippen LogP contribution in [-0.4, -0.2) is 19.7 Å². The highest BCUT2D eigenvalue weighted by Crippen LogP contribution is 2.25. The SMILES string of the molecule is Cc1ncccc1-n1c(Cl)nnc1-c1ccccc1. The number of aryl methyl sites for hydroxylation is 1. The highest BCUT2D eigenvalue weighted by Gasteiger charge is 2.15. The molecule has 5 heteroatoms. The maximum absolute atomic E-state index is 6.16. The Kier molecular flexibility index (Phi) is 3.01. The van der Waals surface area contributed by atoms with Crippen LogP contribution < -0.4 is 0 Å². The van der Waals surface area contributed by atoms with Gasteiger partial charge in [0.1, 0.15) is 0 Å². The molecule has 3 rings (SSSR count). The van der Waals surface area contributed by atoms with Gasteiger partial charge in [-0.2, -0.15) is 0 Å². The first kappa shape index (κ1) is 11.9. The Morgan fingerprint density at radius 2 is 1.79 bits per heavy atom. The number of aromatic nitrogens is 4. The van der Waals surface area contributed by atoms with Gasteiger partial charge in [0.05, 0.1) is 11.4 Å². The molecule has 4 nitrogen and oxygen atoms in total. The number of pyridine rings is 1. The second-order valence-corrected chi connectivity index (χ2v) is 4.44. The van der Waals surface area contributed by atoms with Gasteiger partial charge in [-0.15, -0.1) is 10.2 Å². The predicted molar refractivity (Wildman–Crippen MR) is 74.3 cm³/mol. The Morgan fingerprint density at radius 1 is 1.00 bits per heavy atom. The maximum Gasteiger partial charge on any atom is 0.230 e. The summed E-state index contributed by atoms with van der Waals surface area (Å²) >= 11 is 6.16. The lowest BCUT2D eigenvalue weighted by molar-refractivity contribution is 1.01. The van der Waals surface area contributed by atoms with E-state index in [2.05, 4.69) is 15.2 Å². The summed E-state index contributed by atoms with van der Waals surface area (Å²) in [5, 5.41) is 8.45. The lowest BCUT2D eigenvalue weighted by Gasteiger charge is -2.09. The Morgan fingerprint density at radius 3 is 2.53 bits per heavy atom. The van der Waals surface area contributed by atoms with Crippen molar-refractivity contribution in [3.8, 4) is 17.1 Å². The Bertz CT molecular complexity index is 706. The van der Waals surface area contributed by atoms with Crippen molar-refractivity contribution in [2.75, 3.05) is 0 Å². The Labute approximate surface area is 115 Å². The topological polar surface area (TPSA) is 43.6 Å². The fourth-order valence-electron chi connectivity index (χ4n) is 1.97. The van der Waals surface area contributed by atoms with Crippen LogP contribution in [0.15, 0.2) is 48.7 Å². The molecule has 0 bridgehead atoms. The summed E-state index contributed by atoms with van der Waals surface area (Å²) in [5.41, 5.74) is 2.72. The highest BCUT2D eigenvalue weighted by molar-refractivity contribution is 6.28. The third-order valence-electron chi connectivity index (χ3n) is 2.88. The van der Waals surface area contributed by atoms with Gasteiger partial charge >= 0.3 is 0 Å². The zero-order valence-corrected chi connectivity index (χ0v) is 11.0. The zero-order valence-electron chi connectivity index (χ0n) is 10.3. The smallest absolute Gasteiger partial charge is 0.230 e. The van der Waals surface area contributed by atoms with E-state index in [4.69, 9.17) is 11.6 Å². The first-order chi connectivity index (χ1) is 9.27. The standard InChI is InChI=1S/C14H11ClN4/c1-10-12(8-5-9-16-10)19-13(17-18-14(19)15)11-6-3-2-4-7-11/h2-9H,1H3. The monoisotopic (exact) mass is 270 g/mol. The minimum absolute atomic E-state index is 0.329. The second-order valence-electron chi connectivity index (χ2n) is 4.10. The highest BCUT2D eigenvalue weighted by atomic mass is 35.5. The molecule has 0 saturated heterocycles. The molecule has 3 aromatic rings. The van der Waals surface area contributed by atoms with E-state index in [1.807, 2.05) is 49.4 Å². The van der Waals surface area contributed by atoms with Crippen molar-refractivity contribution < 1.29 is 0 Å². The van der Waals surface area contributed by atoms with Crippen LogP contribution in [0.1, 0.15) is 5.69 Å². The number of nitrogens with zero attached hydrogens (tertiary/aromatic N) is 4. The fourth-order valence-corrected chi connectivity index (χ4v) is 2.17. The molecule has 94 valence electrons. The zero-order chi connectivity index (χ0) is 13.2. The molecule has 0 saturated carbocycles. The van der Waals surface area contributed by atoms with E-state index in [1.165, 1.54) is 0 Å². The fraction of sp³-hybridized carbons (Fsp3) is 0.0714. The van der Waals surface area contributed by atoms with Crippen molar-refractivity contribution in [1.82, 2.24) is 19.7 Å². The molecule has 1 aromatic carbocycles. The van der Waals surface area contributed by atoms with Crippen molar-refractivity contribution in [2.24, 2.45) is 0 Å². The van der Waals surface area contributed by atoms with Crippen LogP contribution in [0.2, 0.25) is 5.28 Å². The summed E-state index contributed by atoms with van der Waals surface area (Å²) in [4.78, 5) is 4.28. The van der Waals surface area contributed by atoms with E-state index < -0.39 is 0 Å². The number of benzene rings is 1. The van der Waals surface area contributed by atoms with Crippen LogP contribution in [0.5, 0.6) is 0 Å². The molecule has 0 radical (unpaired) electrons. The molecule has 0 N–H and O–H groups in total. The van der Waals surface area contributed by atoms with Gasteiger partial charge in [0.2, 0.25) is 5.28 Å². The van der Waals surface area contributed by atoms with E-state index in [0.717, 1.165) is 16.9 Å². The summed E-state index contributed by atoms with van der Waals surface area (Å²) in [6.45, 7) is 1.93. The summed E-state index contributed by atoms with van der Waals surface area (Å²) in [5.74, 6) is 0.710. The van der Waals surface area contributed by atoms with Gasteiger partial charge in [-0.1, -0.05) is 30.3 Å². The first-order valence-electron chi connectivity index (χ1n) is 5.85. The van der Waals surface area contributed by atoms with Gasteiger partial charge in [-0.25, -0.2) is 0 Å². The third-order valence-corrected chi connectivity index (χ3v) is 3.12. The van der Waals surface area contributed by atoms with E-state index in [1.54, 1.807) is 10.8 Å². The van der Waals surface area contributed by atoms with Gasteiger partial charge in [0.15, 0.2) is 5.82 Å². The normalized spacial score (nSPS) is 10.6. The minimum atomic E-state index is 0.329. The molecule has 19 heavy (non-hydrogen) atoms. The lowest BCUT2D eigenvalue weighted by Crippen LogP contribution is -2.01. The largest absolute Gasteiger partial charge is 0.264 e. The summed E-state index contributed by atoms with van der Waals surface area (Å²) in [6.07, 6.45) is 1.75. The van der Waals surface area contributed by atoms with E-state index in [0.29, 0.717) is 11.1 Å². The number of hydrogen-bond acceptors (Lipinski definition) is 3. The molecule has 0 aliphatic carbocycles. The van der Waals surface area contributed by atoms with Crippen molar-refractivity contribution >= 4 is 11.6 Å². The molecule has 0 amide bonds. The van der Waals surface area contributed by atoms with Crippen LogP contribution in [0.25, 0.3) is 17.1 Å². The average Bonchev–Trinajstić information content (AvgIpc) is 2.82. The van der Waals surface area contributed by atoms with Gasteiger partial charge < -0.3 is 0 Å². The summed E-state index contributed by atoms with van der Waals surface area (Å²) in [7, 11) is 0. The maximum atomic E-state index is 6.16. The molecule has 0 aliphatic rings. The number of rotatable bonds is 2. The van der Waals surface area contributed by atoms with E-state index >= 15 is 0 Å². The van der Waals surface area contributed by atoms with Crippen LogP contribution in [0.3, 0.4) is 0 Å². The molecular formula is C14H11ClN4. The van der Waals surface area contributed by atoms with Crippen LogP contribution >= 0.6 is 11.6 Å². The first-order valence-corrected chi connectivity index (χ1v) is 6.23. The summed E-state index contributed by atoms with van der Waals surface area (Å²) < 4.78 is 1.80. The predicted octanol–water partition coefficient (Wildman–Crippen LogP) is 3.29. The van der Waals surface area contributed by atoms with Gasteiger partial charge in [-0.3, -0.25) is 9.55 Å². The van der Waals surface area contributed by atoms with Crippen LogP contribution in [0, 0.1) is 6.92 Å². The molecule has 2 aromatic heterocycles. The number of halogens is 1. The molecule has 0 spiro atoms. The lowest BCUT2D eigenvalue weighted by atomic mass is 10.2. The quantitative estimate of drug-likeness (QED) is 0.718. The second kappa shape index (κ2) is 4.82. The Hall–Kier alpha value is -2.20. The van der Waals surface area contributed by atoms with Gasteiger partial charge in [-0.05, 0) is 30.7 Å². The summed E-state index contributed by atoms with van der Waals surface area (Å²) in [6, 6.07) is 13.6. The molecule has 0 atom stereocenters. The van der Waals surface area contributed by atoms with Crippen molar-refractivity contribution in [3.63, 3.8) is 0 Å². The van der Waals surface area contributed by atoms with E-state index in [9.17, 15) is 0 Å². The van der Waals surface area contributed by atoms with E-state index in [-0.39, 0.29) is 0 Å². The van der Waals surface area contributed by atoms with Crippen LogP contribution in [0.4, 0.5) is 0 Å². The third kappa shape index (κ3) is 2.11. The van der Waals surface area contributed by atoms with Crippen molar-refractivity contribution in [3.05, 3.63) is 59.6 Å². The molecular weight excluding hydrogens is 260 g/mol. The molecule has 2 heterocycles. The van der Waals surface area contributed by atoms with Gasteiger partial charge in [0, 0.05) is 11.8 Å². The van der Waals surface area contributed by atoms with Crippen molar-refractivity contribution in [1.29, 1.82) is 0 Å². The average molecular weight is 271 g/mol. The van der Waals surface area contributed by atoms with Crippen molar-refractivity contribution in [2.45, 2.75) is 6.92 Å². The molecule has 0 unspecified atom stereocenters. The Balaban J connectivity index is 2.23. The number of hydrogen-bond donors (Lipinski definition) is 0. The molecule has 0 fully saturated rings. The molecule has 0 aliphatic heterocycles. The minimum Gasteiger partial charge on any atom is -0.264 e.